The minimum atomic E-state index is -4.65. The Morgan fingerprint density at radius 2 is 2.00 bits per heavy atom. The highest BCUT2D eigenvalue weighted by atomic mass is 19.4. The Hall–Kier alpha value is -2.25. The van der Waals surface area contributed by atoms with Crippen molar-refractivity contribution in [1.82, 2.24) is 10.6 Å². The van der Waals surface area contributed by atoms with Gasteiger partial charge in [-0.1, -0.05) is 12.1 Å². The number of amides is 2. The van der Waals surface area contributed by atoms with Crippen molar-refractivity contribution in [3.05, 3.63) is 29.8 Å². The summed E-state index contributed by atoms with van der Waals surface area (Å²) in [6, 6.07) is 2.20. The van der Waals surface area contributed by atoms with Crippen LogP contribution in [0.5, 0.6) is 5.75 Å². The Bertz CT molecular complexity index is 557. The number of halogens is 3. The summed E-state index contributed by atoms with van der Waals surface area (Å²) in [5, 5.41) is 4.30. The van der Waals surface area contributed by atoms with E-state index in [0.717, 1.165) is 0 Å². The lowest BCUT2D eigenvalue weighted by atomic mass is 10.1. The highest BCUT2D eigenvalue weighted by Crippen LogP contribution is 2.33. The third-order valence-corrected chi connectivity index (χ3v) is 3.37. The third-order valence-electron chi connectivity index (χ3n) is 3.37. The maximum Gasteiger partial charge on any atom is 0.412 e. The number of rotatable bonds is 4. The van der Waals surface area contributed by atoms with Crippen molar-refractivity contribution in [3.8, 4) is 5.75 Å². The van der Waals surface area contributed by atoms with E-state index >= 15 is 0 Å². The quantitative estimate of drug-likeness (QED) is 0.888. The van der Waals surface area contributed by atoms with Gasteiger partial charge in [0.15, 0.2) is 6.04 Å². The van der Waals surface area contributed by atoms with Crippen LogP contribution in [0.4, 0.5) is 13.2 Å². The zero-order valence-corrected chi connectivity index (χ0v) is 11.7. The topological polar surface area (TPSA) is 67.4 Å². The zero-order valence-electron chi connectivity index (χ0n) is 11.7. The SMILES string of the molecule is COc1ccc([C@H](NC(=O)[C@H]2CCC(=O)N2)C(F)(F)F)cc1. The first-order valence-corrected chi connectivity index (χ1v) is 6.61. The Kier molecular flexibility index (Phi) is 4.58. The molecule has 0 radical (unpaired) electrons. The highest BCUT2D eigenvalue weighted by molar-refractivity contribution is 5.91. The van der Waals surface area contributed by atoms with Gasteiger partial charge < -0.3 is 15.4 Å². The van der Waals surface area contributed by atoms with Crippen molar-refractivity contribution in [2.75, 3.05) is 7.11 Å². The zero-order chi connectivity index (χ0) is 16.3. The first-order valence-electron chi connectivity index (χ1n) is 6.61. The van der Waals surface area contributed by atoms with E-state index in [4.69, 9.17) is 4.74 Å². The van der Waals surface area contributed by atoms with Gasteiger partial charge in [-0.3, -0.25) is 9.59 Å². The molecule has 1 aromatic rings. The maximum atomic E-state index is 13.2. The average molecular weight is 316 g/mol. The molecule has 0 aromatic heterocycles. The molecular weight excluding hydrogens is 301 g/mol. The molecule has 2 rings (SSSR count). The molecule has 8 heteroatoms. The largest absolute Gasteiger partial charge is 0.497 e. The Balaban J connectivity index is 2.15. The first kappa shape index (κ1) is 16.1. The molecule has 2 atom stereocenters. The van der Waals surface area contributed by atoms with Crippen LogP contribution in [0.1, 0.15) is 24.4 Å². The maximum absolute atomic E-state index is 13.2. The summed E-state index contributed by atoms with van der Waals surface area (Å²) in [7, 11) is 1.40. The number of alkyl halides is 3. The Morgan fingerprint density at radius 3 is 2.45 bits per heavy atom. The second-order valence-corrected chi connectivity index (χ2v) is 4.92. The summed E-state index contributed by atoms with van der Waals surface area (Å²) in [5.74, 6) is -0.767. The molecule has 0 bridgehead atoms. The lowest BCUT2D eigenvalue weighted by molar-refractivity contribution is -0.164. The minimum Gasteiger partial charge on any atom is -0.497 e. The third kappa shape index (κ3) is 3.69. The summed E-state index contributed by atoms with van der Waals surface area (Å²) >= 11 is 0. The van der Waals surface area contributed by atoms with Gasteiger partial charge in [0.2, 0.25) is 11.8 Å². The Morgan fingerprint density at radius 1 is 1.36 bits per heavy atom. The second-order valence-electron chi connectivity index (χ2n) is 4.92. The summed E-state index contributed by atoms with van der Waals surface area (Å²) in [6.07, 6.45) is -4.32. The molecule has 2 amide bonds. The van der Waals surface area contributed by atoms with Gasteiger partial charge in [0.1, 0.15) is 11.8 Å². The van der Waals surface area contributed by atoms with Crippen molar-refractivity contribution in [3.63, 3.8) is 0 Å². The molecule has 1 fully saturated rings. The number of hydrogen-bond donors (Lipinski definition) is 2. The predicted octanol–water partition coefficient (Wildman–Crippen LogP) is 1.69. The summed E-state index contributed by atoms with van der Waals surface area (Å²) in [4.78, 5) is 22.9. The highest BCUT2D eigenvalue weighted by Gasteiger charge is 2.43. The normalized spacial score (nSPS) is 19.5. The van der Waals surface area contributed by atoms with Crippen LogP contribution >= 0.6 is 0 Å². The van der Waals surface area contributed by atoms with Gasteiger partial charge >= 0.3 is 6.18 Å². The van der Waals surface area contributed by atoms with Crippen LogP contribution in [0.25, 0.3) is 0 Å². The molecule has 2 N–H and O–H groups in total. The molecule has 1 aromatic carbocycles. The molecule has 0 saturated carbocycles. The minimum absolute atomic E-state index is 0.106. The fourth-order valence-corrected chi connectivity index (χ4v) is 2.20. The predicted molar refractivity (Wildman–Crippen MR) is 71.1 cm³/mol. The number of carbonyl (C=O) groups is 2. The molecule has 22 heavy (non-hydrogen) atoms. The molecule has 1 heterocycles. The summed E-state index contributed by atoms with van der Waals surface area (Å²) in [6.45, 7) is 0. The van der Waals surface area contributed by atoms with E-state index in [1.54, 1.807) is 0 Å². The molecule has 1 saturated heterocycles. The van der Waals surface area contributed by atoms with E-state index in [0.29, 0.717) is 5.75 Å². The molecule has 5 nitrogen and oxygen atoms in total. The molecule has 0 aliphatic carbocycles. The molecule has 1 aliphatic heterocycles. The number of ether oxygens (including phenoxy) is 1. The van der Waals surface area contributed by atoms with Crippen molar-refractivity contribution in [2.45, 2.75) is 31.1 Å². The van der Waals surface area contributed by atoms with E-state index in [1.165, 1.54) is 31.4 Å². The van der Waals surface area contributed by atoms with Gasteiger partial charge in [0, 0.05) is 6.42 Å². The monoisotopic (exact) mass is 316 g/mol. The van der Waals surface area contributed by atoms with E-state index in [1.807, 2.05) is 5.32 Å². The van der Waals surface area contributed by atoms with E-state index in [-0.39, 0.29) is 24.3 Å². The van der Waals surface area contributed by atoms with Crippen LogP contribution in [0, 0.1) is 0 Å². The number of methoxy groups -OCH3 is 1. The molecule has 120 valence electrons. The van der Waals surface area contributed by atoms with Crippen molar-refractivity contribution >= 4 is 11.8 Å². The average Bonchev–Trinajstić information content (AvgIpc) is 2.90. The second kappa shape index (κ2) is 6.25. The standard InChI is InChI=1S/C14H15F3N2O3/c1-22-9-4-2-8(3-5-9)12(14(15,16)17)19-13(21)10-6-7-11(20)18-10/h2-5,10,12H,6-7H2,1H3,(H,18,20)(H,19,21)/t10-,12+/m1/s1. The van der Waals surface area contributed by atoms with Crippen molar-refractivity contribution in [1.29, 1.82) is 0 Å². The van der Waals surface area contributed by atoms with Gasteiger partial charge in [-0.15, -0.1) is 0 Å². The molecule has 0 unspecified atom stereocenters. The van der Waals surface area contributed by atoms with Crippen molar-refractivity contribution < 1.29 is 27.5 Å². The van der Waals surface area contributed by atoms with E-state index < -0.39 is 24.2 Å². The van der Waals surface area contributed by atoms with Crippen LogP contribution in [0.2, 0.25) is 0 Å². The summed E-state index contributed by atoms with van der Waals surface area (Å²) < 4.78 is 44.4. The summed E-state index contributed by atoms with van der Waals surface area (Å²) in [5.41, 5.74) is -0.106. The fourth-order valence-electron chi connectivity index (χ4n) is 2.20. The molecule has 0 spiro atoms. The van der Waals surface area contributed by atoms with Gasteiger partial charge in [0.25, 0.3) is 0 Å². The van der Waals surface area contributed by atoms with Crippen LogP contribution in [-0.2, 0) is 9.59 Å². The van der Waals surface area contributed by atoms with Gasteiger partial charge in [0.05, 0.1) is 7.11 Å². The molecular formula is C14H15F3N2O3. The number of hydrogen-bond acceptors (Lipinski definition) is 3. The van der Waals surface area contributed by atoms with Gasteiger partial charge in [-0.05, 0) is 24.1 Å². The van der Waals surface area contributed by atoms with Crippen LogP contribution < -0.4 is 15.4 Å². The first-order chi connectivity index (χ1) is 10.3. The smallest absolute Gasteiger partial charge is 0.412 e. The molecule has 1 aliphatic rings. The van der Waals surface area contributed by atoms with Gasteiger partial charge in [-0.25, -0.2) is 0 Å². The van der Waals surface area contributed by atoms with Crippen LogP contribution in [0.15, 0.2) is 24.3 Å². The number of benzene rings is 1. The lowest BCUT2D eigenvalue weighted by Crippen LogP contribution is -2.46. The van der Waals surface area contributed by atoms with E-state index in [9.17, 15) is 22.8 Å². The van der Waals surface area contributed by atoms with Crippen LogP contribution in [-0.4, -0.2) is 31.1 Å². The lowest BCUT2D eigenvalue weighted by Gasteiger charge is -2.23. The fraction of sp³-hybridized carbons (Fsp3) is 0.429. The number of nitrogens with one attached hydrogen (secondary N) is 2. The van der Waals surface area contributed by atoms with E-state index in [2.05, 4.69) is 5.32 Å². The van der Waals surface area contributed by atoms with Crippen molar-refractivity contribution in [2.24, 2.45) is 0 Å². The number of carbonyl (C=O) groups excluding carboxylic acids is 2. The van der Waals surface area contributed by atoms with Gasteiger partial charge in [-0.2, -0.15) is 13.2 Å². The Labute approximate surface area is 124 Å². The van der Waals surface area contributed by atoms with Crippen LogP contribution in [0.3, 0.4) is 0 Å².